The van der Waals surface area contributed by atoms with Crippen LogP contribution in [0.3, 0.4) is 0 Å². The van der Waals surface area contributed by atoms with Crippen LogP contribution in [-0.2, 0) is 43.5 Å². The number of unbranched alkanes of at least 4 members (excludes halogenated alkanes) is 1. The first-order chi connectivity index (χ1) is 16.3. The molecule has 2 heterocycles. The van der Waals surface area contributed by atoms with Gasteiger partial charge in [-0.05, 0) is 26.3 Å². The molecule has 0 saturated heterocycles. The third-order valence-corrected chi connectivity index (χ3v) is 5.45. The molecular formula is C24H28N2O8. The van der Waals surface area contributed by atoms with Crippen LogP contribution in [0.15, 0.2) is 47.1 Å². The second-order valence-electron chi connectivity index (χ2n) is 7.58. The summed E-state index contributed by atoms with van der Waals surface area (Å²) in [5.41, 5.74) is 4.14. The number of nitrogens with one attached hydrogen (secondary N) is 1. The second-order valence-corrected chi connectivity index (χ2v) is 7.58. The maximum Gasteiger partial charge on any atom is 0.341 e. The van der Waals surface area contributed by atoms with E-state index in [1.54, 1.807) is 38.1 Å². The summed E-state index contributed by atoms with van der Waals surface area (Å²) in [6, 6.07) is 6.56. The molecule has 1 aromatic carbocycles. The first-order valence-electron chi connectivity index (χ1n) is 11.1. The van der Waals surface area contributed by atoms with E-state index in [9.17, 15) is 19.2 Å². The summed E-state index contributed by atoms with van der Waals surface area (Å²) >= 11 is 0. The van der Waals surface area contributed by atoms with Gasteiger partial charge in [-0.25, -0.2) is 9.59 Å². The molecule has 0 saturated carbocycles. The highest BCUT2D eigenvalue weighted by Gasteiger charge is 2.62. The van der Waals surface area contributed by atoms with E-state index >= 15 is 0 Å². The van der Waals surface area contributed by atoms with Crippen molar-refractivity contribution in [1.29, 1.82) is 0 Å². The van der Waals surface area contributed by atoms with Crippen LogP contribution in [0.4, 0.5) is 5.69 Å². The van der Waals surface area contributed by atoms with Gasteiger partial charge in [0.15, 0.2) is 0 Å². The molecule has 2 aliphatic rings. The topological polar surface area (TPSA) is 143 Å². The third-order valence-electron chi connectivity index (χ3n) is 5.45. The van der Waals surface area contributed by atoms with Crippen molar-refractivity contribution in [2.24, 2.45) is 5.73 Å². The Morgan fingerprint density at radius 1 is 1.00 bits per heavy atom. The number of carbonyl (C=O) groups is 4. The maximum absolute atomic E-state index is 13.7. The van der Waals surface area contributed by atoms with Gasteiger partial charge < -0.3 is 30.0 Å². The predicted molar refractivity (Wildman–Crippen MR) is 120 cm³/mol. The lowest BCUT2D eigenvalue weighted by molar-refractivity contribution is -0.144. The molecule has 1 unspecified atom stereocenters. The number of fused-ring (bicyclic) bond motifs is 2. The van der Waals surface area contributed by atoms with Gasteiger partial charge in [-0.15, -0.1) is 0 Å². The van der Waals surface area contributed by atoms with Crippen LogP contribution in [0.5, 0.6) is 0 Å². The van der Waals surface area contributed by atoms with E-state index in [0.29, 0.717) is 12.1 Å². The van der Waals surface area contributed by atoms with Gasteiger partial charge in [0, 0.05) is 11.3 Å². The number of hydrogen-bond donors (Lipinski definition) is 2. The molecule has 0 aromatic heterocycles. The number of hydrogen-bond acceptors (Lipinski definition) is 9. The SMILES string of the molecule is CCCCOC(=O)C1=C(N)OC(CC(=O)OCC)=C(C(=O)OCC)C12C(=O)Nc1ccccc12. The summed E-state index contributed by atoms with van der Waals surface area (Å²) in [6.45, 7) is 5.30. The highest BCUT2D eigenvalue weighted by atomic mass is 16.6. The van der Waals surface area contributed by atoms with Crippen LogP contribution in [0.1, 0.15) is 45.6 Å². The zero-order valence-electron chi connectivity index (χ0n) is 19.4. The Labute approximate surface area is 197 Å². The first kappa shape index (κ1) is 24.8. The van der Waals surface area contributed by atoms with E-state index in [0.717, 1.165) is 6.42 Å². The minimum Gasteiger partial charge on any atom is -0.466 e. The second kappa shape index (κ2) is 10.4. The molecule has 1 amide bonds. The van der Waals surface area contributed by atoms with E-state index in [4.69, 9.17) is 24.7 Å². The molecule has 1 aromatic rings. The molecule has 1 atom stereocenters. The van der Waals surface area contributed by atoms with Crippen molar-refractivity contribution in [1.82, 2.24) is 0 Å². The van der Waals surface area contributed by atoms with Crippen molar-refractivity contribution in [2.45, 2.75) is 45.4 Å². The van der Waals surface area contributed by atoms with E-state index in [1.807, 2.05) is 6.92 Å². The van der Waals surface area contributed by atoms with Gasteiger partial charge >= 0.3 is 17.9 Å². The molecule has 0 radical (unpaired) electrons. The molecule has 10 nitrogen and oxygen atoms in total. The molecule has 3 rings (SSSR count). The zero-order chi connectivity index (χ0) is 24.9. The molecule has 3 N–H and O–H groups in total. The number of anilines is 1. The van der Waals surface area contributed by atoms with Gasteiger partial charge in [0.1, 0.15) is 28.7 Å². The van der Waals surface area contributed by atoms with Gasteiger partial charge in [0.2, 0.25) is 11.8 Å². The molecule has 182 valence electrons. The average molecular weight is 472 g/mol. The van der Waals surface area contributed by atoms with Gasteiger partial charge in [0.05, 0.1) is 19.8 Å². The lowest BCUT2D eigenvalue weighted by Gasteiger charge is -2.36. The fourth-order valence-corrected chi connectivity index (χ4v) is 4.08. The van der Waals surface area contributed by atoms with Gasteiger partial charge in [-0.1, -0.05) is 31.5 Å². The number of carbonyl (C=O) groups excluding carboxylic acids is 4. The Hall–Kier alpha value is -3.82. The van der Waals surface area contributed by atoms with Gasteiger partial charge in [-0.3, -0.25) is 9.59 Å². The van der Waals surface area contributed by atoms with Crippen LogP contribution in [0.2, 0.25) is 0 Å². The van der Waals surface area contributed by atoms with Crippen molar-refractivity contribution < 1.29 is 38.1 Å². The third kappa shape index (κ3) is 4.23. The summed E-state index contributed by atoms with van der Waals surface area (Å²) in [5.74, 6) is -3.93. The highest BCUT2D eigenvalue weighted by molar-refractivity contribution is 6.21. The van der Waals surface area contributed by atoms with E-state index in [2.05, 4.69) is 5.32 Å². The largest absolute Gasteiger partial charge is 0.466 e. The molecule has 2 aliphatic heterocycles. The maximum atomic E-state index is 13.7. The lowest BCUT2D eigenvalue weighted by atomic mass is 9.67. The van der Waals surface area contributed by atoms with Crippen LogP contribution in [0, 0.1) is 0 Å². The smallest absolute Gasteiger partial charge is 0.341 e. The monoisotopic (exact) mass is 472 g/mol. The van der Waals surface area contributed by atoms with E-state index in [1.165, 1.54) is 0 Å². The Balaban J connectivity index is 2.30. The van der Waals surface area contributed by atoms with Crippen molar-refractivity contribution in [2.75, 3.05) is 25.1 Å². The van der Waals surface area contributed by atoms with Crippen molar-refractivity contribution in [3.05, 3.63) is 52.6 Å². The van der Waals surface area contributed by atoms with Gasteiger partial charge in [-0.2, -0.15) is 0 Å². The fourth-order valence-electron chi connectivity index (χ4n) is 4.08. The number of nitrogens with two attached hydrogens (primary N) is 1. The molecule has 0 fully saturated rings. The number of para-hydroxylation sites is 1. The fraction of sp³-hybridized carbons (Fsp3) is 0.417. The van der Waals surface area contributed by atoms with Crippen LogP contribution < -0.4 is 11.1 Å². The van der Waals surface area contributed by atoms with Crippen LogP contribution >= 0.6 is 0 Å². The first-order valence-corrected chi connectivity index (χ1v) is 11.1. The standard InChI is InChI=1S/C24H28N2O8/c1-4-7-12-33-22(29)19-20(25)34-16(13-17(27)31-5-2)18(21(28)32-6-3)24(19)14-10-8-9-11-15(14)26-23(24)30/h8-11H,4-7,12-13,25H2,1-3H3,(H,26,30). The van der Waals surface area contributed by atoms with Gasteiger partial charge in [0.25, 0.3) is 0 Å². The van der Waals surface area contributed by atoms with Crippen LogP contribution in [0.25, 0.3) is 0 Å². The predicted octanol–water partition coefficient (Wildman–Crippen LogP) is 2.19. The number of esters is 3. The average Bonchev–Trinajstić information content (AvgIpc) is 3.06. The zero-order valence-corrected chi connectivity index (χ0v) is 19.4. The Morgan fingerprint density at radius 2 is 1.68 bits per heavy atom. The molecule has 1 spiro atoms. The number of rotatable bonds is 9. The quantitative estimate of drug-likeness (QED) is 0.314. The highest BCUT2D eigenvalue weighted by Crippen LogP contribution is 2.52. The number of ether oxygens (including phenoxy) is 4. The lowest BCUT2D eigenvalue weighted by Crippen LogP contribution is -2.49. The summed E-state index contributed by atoms with van der Waals surface area (Å²) in [7, 11) is 0. The summed E-state index contributed by atoms with van der Waals surface area (Å²) in [5, 5.41) is 2.71. The molecular weight excluding hydrogens is 444 g/mol. The van der Waals surface area contributed by atoms with Crippen molar-refractivity contribution >= 4 is 29.5 Å². The molecule has 0 bridgehead atoms. The molecule has 34 heavy (non-hydrogen) atoms. The minimum atomic E-state index is -2.03. The number of amides is 1. The normalized spacial score (nSPS) is 18.9. The Morgan fingerprint density at radius 3 is 2.35 bits per heavy atom. The summed E-state index contributed by atoms with van der Waals surface area (Å²) in [6.07, 6.45) is 0.854. The van der Waals surface area contributed by atoms with E-state index in [-0.39, 0.29) is 42.3 Å². The summed E-state index contributed by atoms with van der Waals surface area (Å²) in [4.78, 5) is 52.5. The van der Waals surface area contributed by atoms with Crippen LogP contribution in [-0.4, -0.2) is 43.6 Å². The Kier molecular flexibility index (Phi) is 7.60. The molecule has 10 heteroatoms. The van der Waals surface area contributed by atoms with Crippen molar-refractivity contribution in [3.63, 3.8) is 0 Å². The van der Waals surface area contributed by atoms with E-state index < -0.39 is 41.5 Å². The molecule has 0 aliphatic carbocycles. The van der Waals surface area contributed by atoms with Crippen molar-refractivity contribution in [3.8, 4) is 0 Å². The number of benzene rings is 1. The summed E-state index contributed by atoms with van der Waals surface area (Å²) < 4.78 is 21.3. The Bertz CT molecular complexity index is 1070. The minimum absolute atomic E-state index is 0.0240.